The van der Waals surface area contributed by atoms with Crippen LogP contribution in [0.4, 0.5) is 0 Å². The fourth-order valence-electron chi connectivity index (χ4n) is 2.41. The number of piperidine rings is 1. The summed E-state index contributed by atoms with van der Waals surface area (Å²) in [5.74, 6) is 0.373. The zero-order valence-corrected chi connectivity index (χ0v) is 9.60. The summed E-state index contributed by atoms with van der Waals surface area (Å²) >= 11 is 0. The highest BCUT2D eigenvalue weighted by atomic mass is 16.3. The van der Waals surface area contributed by atoms with Crippen molar-refractivity contribution in [1.29, 1.82) is 0 Å². The van der Waals surface area contributed by atoms with Crippen molar-refractivity contribution in [2.75, 3.05) is 13.1 Å². The van der Waals surface area contributed by atoms with Crippen LogP contribution in [0.25, 0.3) is 0 Å². The van der Waals surface area contributed by atoms with Gasteiger partial charge < -0.3 is 5.11 Å². The van der Waals surface area contributed by atoms with Crippen molar-refractivity contribution in [3.8, 4) is 5.75 Å². The number of phenolic OH excluding ortho intramolecular Hbond substituents is 1. The van der Waals surface area contributed by atoms with E-state index in [9.17, 15) is 5.11 Å². The molecule has 1 heterocycles. The van der Waals surface area contributed by atoms with Crippen LogP contribution in [0.2, 0.25) is 0 Å². The SMILES string of the molecule is C=CC(c1ccccc1O)N1CCCCC1. The fourth-order valence-corrected chi connectivity index (χ4v) is 2.41. The minimum absolute atomic E-state index is 0.154. The van der Waals surface area contributed by atoms with Gasteiger partial charge in [-0.2, -0.15) is 0 Å². The zero-order chi connectivity index (χ0) is 11.4. The van der Waals surface area contributed by atoms with E-state index >= 15 is 0 Å². The molecule has 0 bridgehead atoms. The van der Waals surface area contributed by atoms with E-state index in [0.29, 0.717) is 5.75 Å². The molecule has 1 aliphatic heterocycles. The van der Waals surface area contributed by atoms with Crippen LogP contribution in [-0.4, -0.2) is 23.1 Å². The van der Waals surface area contributed by atoms with E-state index in [0.717, 1.165) is 18.7 Å². The van der Waals surface area contributed by atoms with E-state index in [1.165, 1.54) is 19.3 Å². The number of likely N-dealkylation sites (tertiary alicyclic amines) is 1. The highest BCUT2D eigenvalue weighted by Crippen LogP contribution is 2.30. The van der Waals surface area contributed by atoms with Crippen molar-refractivity contribution in [2.24, 2.45) is 0 Å². The average Bonchev–Trinajstić information content (AvgIpc) is 2.34. The molecule has 0 amide bonds. The zero-order valence-electron chi connectivity index (χ0n) is 9.60. The lowest BCUT2D eigenvalue weighted by molar-refractivity contribution is 0.190. The molecule has 1 N–H and O–H groups in total. The fraction of sp³-hybridized carbons (Fsp3) is 0.429. The molecule has 0 saturated carbocycles. The predicted molar refractivity (Wildman–Crippen MR) is 66.5 cm³/mol. The first-order valence-corrected chi connectivity index (χ1v) is 5.97. The molecule has 2 heteroatoms. The molecule has 1 aliphatic rings. The number of benzene rings is 1. The van der Waals surface area contributed by atoms with Gasteiger partial charge in [-0.25, -0.2) is 0 Å². The quantitative estimate of drug-likeness (QED) is 0.786. The normalized spacial score (nSPS) is 19.2. The molecular weight excluding hydrogens is 198 g/mol. The average molecular weight is 217 g/mol. The van der Waals surface area contributed by atoms with Crippen LogP contribution < -0.4 is 0 Å². The molecule has 1 aromatic rings. The van der Waals surface area contributed by atoms with Crippen LogP contribution in [0.15, 0.2) is 36.9 Å². The molecule has 0 aromatic heterocycles. The molecule has 1 atom stereocenters. The van der Waals surface area contributed by atoms with Crippen molar-refractivity contribution in [2.45, 2.75) is 25.3 Å². The van der Waals surface area contributed by atoms with Crippen molar-refractivity contribution in [3.63, 3.8) is 0 Å². The second-order valence-corrected chi connectivity index (χ2v) is 4.34. The second kappa shape index (κ2) is 5.17. The van der Waals surface area contributed by atoms with Gasteiger partial charge in [0.15, 0.2) is 0 Å². The standard InChI is InChI=1S/C14H19NO/c1-2-13(15-10-6-3-7-11-15)12-8-4-5-9-14(12)16/h2,4-5,8-9,13,16H,1,3,6-7,10-11H2. The first-order chi connectivity index (χ1) is 7.83. The second-order valence-electron chi connectivity index (χ2n) is 4.34. The minimum atomic E-state index is 0.154. The summed E-state index contributed by atoms with van der Waals surface area (Å²) in [7, 11) is 0. The molecule has 0 aliphatic carbocycles. The number of aromatic hydroxyl groups is 1. The van der Waals surface area contributed by atoms with Crippen LogP contribution in [-0.2, 0) is 0 Å². The van der Waals surface area contributed by atoms with Crippen molar-refractivity contribution < 1.29 is 5.11 Å². The van der Waals surface area contributed by atoms with Crippen LogP contribution in [0.1, 0.15) is 30.9 Å². The Bertz CT molecular complexity index is 356. The molecule has 1 saturated heterocycles. The maximum Gasteiger partial charge on any atom is 0.120 e. The molecule has 1 fully saturated rings. The van der Waals surface area contributed by atoms with E-state index in [4.69, 9.17) is 0 Å². The van der Waals surface area contributed by atoms with Gasteiger partial charge in [0.2, 0.25) is 0 Å². The van der Waals surface area contributed by atoms with Gasteiger partial charge in [0.05, 0.1) is 6.04 Å². The number of hydrogen-bond donors (Lipinski definition) is 1. The van der Waals surface area contributed by atoms with Crippen LogP contribution in [0.5, 0.6) is 5.75 Å². The highest BCUT2D eigenvalue weighted by Gasteiger charge is 2.21. The molecule has 2 nitrogen and oxygen atoms in total. The number of para-hydroxylation sites is 1. The third kappa shape index (κ3) is 2.27. The summed E-state index contributed by atoms with van der Waals surface area (Å²) in [6, 6.07) is 7.71. The molecule has 1 aromatic carbocycles. The van der Waals surface area contributed by atoms with Gasteiger partial charge in [0.25, 0.3) is 0 Å². The largest absolute Gasteiger partial charge is 0.508 e. The maximum absolute atomic E-state index is 9.87. The third-order valence-corrected chi connectivity index (χ3v) is 3.26. The summed E-state index contributed by atoms with van der Waals surface area (Å²) in [6.07, 6.45) is 5.75. The summed E-state index contributed by atoms with van der Waals surface area (Å²) in [5.41, 5.74) is 0.972. The smallest absolute Gasteiger partial charge is 0.120 e. The van der Waals surface area contributed by atoms with Gasteiger partial charge in [-0.3, -0.25) is 4.90 Å². The first kappa shape index (κ1) is 11.2. The van der Waals surface area contributed by atoms with E-state index in [2.05, 4.69) is 11.5 Å². The molecule has 0 radical (unpaired) electrons. The van der Waals surface area contributed by atoms with Gasteiger partial charge in [-0.1, -0.05) is 30.7 Å². The Morgan fingerprint density at radius 2 is 1.88 bits per heavy atom. The predicted octanol–water partition coefficient (Wildman–Crippen LogP) is 3.11. The number of nitrogens with zero attached hydrogens (tertiary/aromatic N) is 1. The van der Waals surface area contributed by atoms with Gasteiger partial charge >= 0.3 is 0 Å². The van der Waals surface area contributed by atoms with Crippen molar-refractivity contribution in [3.05, 3.63) is 42.5 Å². The van der Waals surface area contributed by atoms with E-state index in [1.807, 2.05) is 24.3 Å². The number of rotatable bonds is 3. The highest BCUT2D eigenvalue weighted by molar-refractivity contribution is 5.36. The Labute approximate surface area is 97.2 Å². The molecule has 86 valence electrons. The molecule has 0 spiro atoms. The minimum Gasteiger partial charge on any atom is -0.508 e. The summed E-state index contributed by atoms with van der Waals surface area (Å²) in [4.78, 5) is 2.39. The van der Waals surface area contributed by atoms with Crippen LogP contribution in [0.3, 0.4) is 0 Å². The van der Waals surface area contributed by atoms with Gasteiger partial charge in [0, 0.05) is 5.56 Å². The Hall–Kier alpha value is -1.28. The van der Waals surface area contributed by atoms with Crippen LogP contribution >= 0.6 is 0 Å². The van der Waals surface area contributed by atoms with E-state index in [-0.39, 0.29) is 6.04 Å². The van der Waals surface area contributed by atoms with Crippen molar-refractivity contribution in [1.82, 2.24) is 4.90 Å². The lowest BCUT2D eigenvalue weighted by atomic mass is 10.0. The molecule has 1 unspecified atom stereocenters. The molecule has 2 rings (SSSR count). The summed E-state index contributed by atoms with van der Waals surface area (Å²) in [5, 5.41) is 9.87. The summed E-state index contributed by atoms with van der Waals surface area (Å²) in [6.45, 7) is 6.11. The third-order valence-electron chi connectivity index (χ3n) is 3.26. The first-order valence-electron chi connectivity index (χ1n) is 5.97. The van der Waals surface area contributed by atoms with Gasteiger partial charge in [0.1, 0.15) is 5.75 Å². The van der Waals surface area contributed by atoms with Gasteiger partial charge in [-0.05, 0) is 32.0 Å². The molecular formula is C14H19NO. The van der Waals surface area contributed by atoms with E-state index in [1.54, 1.807) is 6.07 Å². The Balaban J connectivity index is 2.21. The van der Waals surface area contributed by atoms with Gasteiger partial charge in [-0.15, -0.1) is 6.58 Å². The lowest BCUT2D eigenvalue weighted by Crippen LogP contribution is -2.32. The lowest BCUT2D eigenvalue weighted by Gasteiger charge is -2.33. The Morgan fingerprint density at radius 1 is 1.19 bits per heavy atom. The maximum atomic E-state index is 9.87. The topological polar surface area (TPSA) is 23.5 Å². The van der Waals surface area contributed by atoms with Crippen molar-refractivity contribution >= 4 is 0 Å². The van der Waals surface area contributed by atoms with E-state index < -0.39 is 0 Å². The summed E-state index contributed by atoms with van der Waals surface area (Å²) < 4.78 is 0. The Morgan fingerprint density at radius 3 is 2.50 bits per heavy atom. The Kier molecular flexibility index (Phi) is 3.62. The monoisotopic (exact) mass is 217 g/mol. The number of hydrogen-bond acceptors (Lipinski definition) is 2. The number of phenols is 1. The van der Waals surface area contributed by atoms with Crippen LogP contribution in [0, 0.1) is 0 Å². The molecule has 16 heavy (non-hydrogen) atoms.